The maximum Gasteiger partial charge on any atom is 0.244 e. The first-order valence-corrected chi connectivity index (χ1v) is 4.60. The van der Waals surface area contributed by atoms with Gasteiger partial charge in [-0.2, -0.15) is 5.26 Å². The van der Waals surface area contributed by atoms with Crippen LogP contribution in [0.3, 0.4) is 0 Å². The number of nitrogens with one attached hydrogen (secondary N) is 1. The van der Waals surface area contributed by atoms with Gasteiger partial charge in [0.15, 0.2) is 0 Å². The van der Waals surface area contributed by atoms with Gasteiger partial charge in [-0.25, -0.2) is 0 Å². The molecule has 0 aromatic carbocycles. The van der Waals surface area contributed by atoms with Crippen LogP contribution in [-0.2, 0) is 4.79 Å². The Labute approximate surface area is 78.4 Å². The fraction of sp³-hybridized carbons (Fsp3) is 0.600. The number of allylic oxidation sites excluding steroid dienone is 1. The largest absolute Gasteiger partial charge is 0.337 e. The summed E-state index contributed by atoms with van der Waals surface area (Å²) in [5.41, 5.74) is 0. The first-order valence-electron chi connectivity index (χ1n) is 4.60. The highest BCUT2D eigenvalue weighted by molar-refractivity contribution is 5.87. The van der Waals surface area contributed by atoms with Gasteiger partial charge in [0, 0.05) is 0 Å². The molecule has 1 rings (SSSR count). The van der Waals surface area contributed by atoms with E-state index >= 15 is 0 Å². The zero-order chi connectivity index (χ0) is 9.68. The fourth-order valence-corrected chi connectivity index (χ4v) is 1.15. The summed E-state index contributed by atoms with van der Waals surface area (Å²) in [6.45, 7) is 1.66. The molecule has 13 heavy (non-hydrogen) atoms. The molecule has 0 heterocycles. The van der Waals surface area contributed by atoms with E-state index in [1.165, 1.54) is 25.3 Å². The molecule has 0 aromatic heterocycles. The Morgan fingerprint density at radius 3 is 2.85 bits per heavy atom. The molecule has 1 aliphatic rings. The normalized spacial score (nSPS) is 19.1. The van der Waals surface area contributed by atoms with Crippen molar-refractivity contribution in [1.29, 1.82) is 5.26 Å². The Morgan fingerprint density at radius 1 is 1.69 bits per heavy atom. The second-order valence-corrected chi connectivity index (χ2v) is 3.41. The lowest BCUT2D eigenvalue weighted by Crippen LogP contribution is -2.29. The predicted molar refractivity (Wildman–Crippen MR) is 49.7 cm³/mol. The molecule has 0 spiro atoms. The molecule has 0 saturated heterocycles. The lowest BCUT2D eigenvalue weighted by molar-refractivity contribution is -0.116. The zero-order valence-corrected chi connectivity index (χ0v) is 7.79. The summed E-state index contributed by atoms with van der Waals surface area (Å²) in [4.78, 5) is 11.1. The van der Waals surface area contributed by atoms with Crippen molar-refractivity contribution >= 4 is 5.91 Å². The average molecular weight is 178 g/mol. The van der Waals surface area contributed by atoms with Crippen LogP contribution < -0.4 is 5.32 Å². The molecule has 1 fully saturated rings. The molecule has 0 bridgehead atoms. The molecule has 0 aliphatic heterocycles. The van der Waals surface area contributed by atoms with Gasteiger partial charge >= 0.3 is 0 Å². The minimum Gasteiger partial charge on any atom is -0.337 e. The van der Waals surface area contributed by atoms with E-state index in [4.69, 9.17) is 5.26 Å². The highest BCUT2D eigenvalue weighted by Gasteiger charge is 2.14. The molecule has 1 unspecified atom stereocenters. The molecule has 70 valence electrons. The van der Waals surface area contributed by atoms with E-state index in [9.17, 15) is 4.79 Å². The van der Waals surface area contributed by atoms with Crippen LogP contribution in [0.4, 0.5) is 0 Å². The first kappa shape index (κ1) is 9.79. The Hall–Kier alpha value is -1.30. The van der Waals surface area contributed by atoms with Crippen molar-refractivity contribution in [1.82, 2.24) is 5.32 Å². The third-order valence-corrected chi connectivity index (χ3v) is 2.22. The van der Waals surface area contributed by atoms with Crippen molar-refractivity contribution in [3.8, 4) is 6.07 Å². The molecule has 0 aromatic rings. The van der Waals surface area contributed by atoms with E-state index in [1.54, 1.807) is 6.92 Å². The molecule has 1 amide bonds. The van der Waals surface area contributed by atoms with Gasteiger partial charge in [0.2, 0.25) is 5.91 Å². The highest BCUT2D eigenvalue weighted by atomic mass is 16.1. The average Bonchev–Trinajstić information content (AvgIpc) is 2.01. The highest BCUT2D eigenvalue weighted by Crippen LogP contribution is 2.27. The van der Waals surface area contributed by atoms with Crippen LogP contribution in [0.15, 0.2) is 12.2 Å². The quantitative estimate of drug-likeness (QED) is 0.663. The summed E-state index contributed by atoms with van der Waals surface area (Å²) in [7, 11) is 0. The SMILES string of the molecule is CC(C#N)NC(=O)/C=C/C1CCC1. The lowest BCUT2D eigenvalue weighted by atomic mass is 9.85. The minimum absolute atomic E-state index is 0.166. The van der Waals surface area contributed by atoms with Gasteiger partial charge in [0.25, 0.3) is 0 Å². The van der Waals surface area contributed by atoms with Gasteiger partial charge < -0.3 is 5.32 Å². The summed E-state index contributed by atoms with van der Waals surface area (Å²) >= 11 is 0. The van der Waals surface area contributed by atoms with Crippen LogP contribution in [0.1, 0.15) is 26.2 Å². The topological polar surface area (TPSA) is 52.9 Å². The van der Waals surface area contributed by atoms with Gasteiger partial charge in [-0.1, -0.05) is 12.5 Å². The number of rotatable bonds is 3. The first-order chi connectivity index (χ1) is 6.22. The van der Waals surface area contributed by atoms with Crippen molar-refractivity contribution in [3.63, 3.8) is 0 Å². The number of nitriles is 1. The smallest absolute Gasteiger partial charge is 0.244 e. The number of amides is 1. The summed E-state index contributed by atoms with van der Waals surface area (Å²) in [5.74, 6) is 0.420. The monoisotopic (exact) mass is 178 g/mol. The molecule has 1 saturated carbocycles. The van der Waals surface area contributed by atoms with Crippen molar-refractivity contribution in [2.24, 2.45) is 5.92 Å². The second-order valence-electron chi connectivity index (χ2n) is 3.41. The summed E-state index contributed by atoms with van der Waals surface area (Å²) in [6, 6.07) is 1.54. The van der Waals surface area contributed by atoms with E-state index in [-0.39, 0.29) is 5.91 Å². The van der Waals surface area contributed by atoms with Crippen LogP contribution in [0.5, 0.6) is 0 Å². The van der Waals surface area contributed by atoms with E-state index in [2.05, 4.69) is 5.32 Å². The predicted octanol–water partition coefficient (Wildman–Crippen LogP) is 1.37. The van der Waals surface area contributed by atoms with Crippen LogP contribution >= 0.6 is 0 Å². The number of carbonyl (C=O) groups is 1. The molecule has 1 N–H and O–H groups in total. The molecule has 1 atom stereocenters. The molecule has 1 aliphatic carbocycles. The zero-order valence-electron chi connectivity index (χ0n) is 7.79. The number of carbonyl (C=O) groups excluding carboxylic acids is 1. The third-order valence-electron chi connectivity index (χ3n) is 2.22. The Morgan fingerprint density at radius 2 is 2.38 bits per heavy atom. The Kier molecular flexibility index (Phi) is 3.51. The van der Waals surface area contributed by atoms with Gasteiger partial charge in [-0.05, 0) is 31.8 Å². The standard InChI is InChI=1S/C10H14N2O/c1-8(7-11)12-10(13)6-5-9-3-2-4-9/h5-6,8-9H,2-4H2,1H3,(H,12,13)/b6-5+. The molecule has 3 nitrogen and oxygen atoms in total. The minimum atomic E-state index is -0.404. The maximum atomic E-state index is 11.1. The summed E-state index contributed by atoms with van der Waals surface area (Å²) in [6.07, 6.45) is 7.13. The maximum absolute atomic E-state index is 11.1. The van der Waals surface area contributed by atoms with Gasteiger partial charge in [-0.3, -0.25) is 4.79 Å². The van der Waals surface area contributed by atoms with Crippen molar-refractivity contribution in [2.45, 2.75) is 32.2 Å². The third kappa shape index (κ3) is 3.29. The van der Waals surface area contributed by atoms with E-state index in [0.29, 0.717) is 5.92 Å². The Bertz CT molecular complexity index is 248. The van der Waals surface area contributed by atoms with Crippen LogP contribution in [0, 0.1) is 17.2 Å². The van der Waals surface area contributed by atoms with Crippen molar-refractivity contribution in [3.05, 3.63) is 12.2 Å². The van der Waals surface area contributed by atoms with Crippen molar-refractivity contribution in [2.75, 3.05) is 0 Å². The van der Waals surface area contributed by atoms with Crippen molar-refractivity contribution < 1.29 is 4.79 Å². The van der Waals surface area contributed by atoms with E-state index in [1.807, 2.05) is 12.1 Å². The molecular weight excluding hydrogens is 164 g/mol. The van der Waals surface area contributed by atoms with Crippen LogP contribution in [0.25, 0.3) is 0 Å². The number of nitrogens with zero attached hydrogens (tertiary/aromatic N) is 1. The van der Waals surface area contributed by atoms with Gasteiger partial charge in [0.05, 0.1) is 6.07 Å². The fourth-order valence-electron chi connectivity index (χ4n) is 1.15. The number of hydrogen-bond acceptors (Lipinski definition) is 2. The number of hydrogen-bond donors (Lipinski definition) is 1. The summed E-state index contributed by atoms with van der Waals surface area (Å²) in [5, 5.41) is 11.0. The van der Waals surface area contributed by atoms with E-state index in [0.717, 1.165) is 0 Å². The van der Waals surface area contributed by atoms with Crippen LogP contribution in [0.2, 0.25) is 0 Å². The van der Waals surface area contributed by atoms with E-state index < -0.39 is 6.04 Å². The Balaban J connectivity index is 2.24. The summed E-state index contributed by atoms with van der Waals surface area (Å²) < 4.78 is 0. The molecule has 3 heteroatoms. The molecule has 0 radical (unpaired) electrons. The van der Waals surface area contributed by atoms with Crippen LogP contribution in [-0.4, -0.2) is 11.9 Å². The lowest BCUT2D eigenvalue weighted by Gasteiger charge is -2.21. The molecular formula is C10H14N2O. The second kappa shape index (κ2) is 4.66. The van der Waals surface area contributed by atoms with Gasteiger partial charge in [-0.15, -0.1) is 0 Å². The van der Waals surface area contributed by atoms with Gasteiger partial charge in [0.1, 0.15) is 6.04 Å².